The van der Waals surface area contributed by atoms with Gasteiger partial charge in [-0.15, -0.1) is 0 Å². The lowest BCUT2D eigenvalue weighted by Crippen LogP contribution is -3.00. The molecule has 0 amide bonds. The van der Waals surface area contributed by atoms with Crippen LogP contribution in [0.15, 0.2) is 53.9 Å². The summed E-state index contributed by atoms with van der Waals surface area (Å²) >= 11 is 1.33. The lowest BCUT2D eigenvalue weighted by Gasteiger charge is -2.45. The molecule has 41 heavy (non-hydrogen) atoms. The molecule has 2 heterocycles. The van der Waals surface area contributed by atoms with E-state index in [4.69, 9.17) is 23.4 Å². The number of ether oxygens (including phenoxy) is 4. The molecule has 2 aromatic rings. The molecule has 3 rings (SSSR count). The summed E-state index contributed by atoms with van der Waals surface area (Å²) in [6.07, 6.45) is 1.25. The third-order valence-corrected chi connectivity index (χ3v) is 12.7. The molecule has 0 aliphatic carbocycles. The Morgan fingerprint density at radius 2 is 1.61 bits per heavy atom. The summed E-state index contributed by atoms with van der Waals surface area (Å²) < 4.78 is 33.8. The van der Waals surface area contributed by atoms with E-state index in [1.165, 1.54) is 25.6 Å². The quantitative estimate of drug-likeness (QED) is 0.162. The molecule has 0 unspecified atom stereocenters. The van der Waals surface area contributed by atoms with Crippen molar-refractivity contribution in [3.8, 4) is 0 Å². The third kappa shape index (κ3) is 9.85. The van der Waals surface area contributed by atoms with Crippen molar-refractivity contribution in [3.63, 3.8) is 0 Å². The summed E-state index contributed by atoms with van der Waals surface area (Å²) in [5.41, 5.74) is -0.762. The lowest BCUT2D eigenvalue weighted by molar-refractivity contribution is -0.671. The van der Waals surface area contributed by atoms with E-state index in [2.05, 4.69) is 33.9 Å². The molecule has 1 aliphatic heterocycles. The molecule has 1 fully saturated rings. The van der Waals surface area contributed by atoms with Crippen LogP contribution < -0.4 is 17.0 Å². The van der Waals surface area contributed by atoms with E-state index >= 15 is 0 Å². The zero-order chi connectivity index (χ0) is 29.7. The highest BCUT2D eigenvalue weighted by Crippen LogP contribution is 2.40. The van der Waals surface area contributed by atoms with E-state index in [9.17, 15) is 14.4 Å². The largest absolute Gasteiger partial charge is 1.00 e. The lowest BCUT2D eigenvalue weighted by atomic mass is 9.99. The second-order valence-electron chi connectivity index (χ2n) is 11.4. The predicted molar refractivity (Wildman–Crippen MR) is 151 cm³/mol. The van der Waals surface area contributed by atoms with E-state index in [1.54, 1.807) is 27.9 Å². The monoisotopic (exact) mass is 628 g/mol. The number of hydrogen-bond acceptors (Lipinski definition) is 9. The standard InChI is InChI=1S/C28H41N2O8SSi.ClH/c1-19(31)35-25-24(38-23(33)16-30-15-14-29(6)18-30)22(17-34-40(7,8)28(3,4)5)37-27(26(25)36-20(2)32)39-21-12-10-9-11-13-21;/h9-15,18,22,24-27H,16-17H2,1-8H3;1H/q+1;/p-1/t22-,24-,25+,26-,27+;/m1./s1. The van der Waals surface area contributed by atoms with Crippen molar-refractivity contribution in [1.29, 1.82) is 0 Å². The van der Waals surface area contributed by atoms with Crippen molar-refractivity contribution in [3.05, 3.63) is 49.1 Å². The first-order valence-electron chi connectivity index (χ1n) is 13.2. The van der Waals surface area contributed by atoms with Crippen LogP contribution in [0.4, 0.5) is 0 Å². The molecule has 5 atom stereocenters. The molecule has 0 bridgehead atoms. The molecule has 0 spiro atoms. The summed E-state index contributed by atoms with van der Waals surface area (Å²) in [5.74, 6) is -1.74. The number of esters is 3. The molecule has 0 N–H and O–H groups in total. The molecular formula is C28H41ClN2O8SSi. The highest BCUT2D eigenvalue weighted by atomic mass is 35.5. The fourth-order valence-electron chi connectivity index (χ4n) is 3.97. The number of imidazole rings is 1. The summed E-state index contributed by atoms with van der Waals surface area (Å²) in [4.78, 5) is 38.5. The van der Waals surface area contributed by atoms with Crippen molar-refractivity contribution in [2.75, 3.05) is 6.61 Å². The molecule has 13 heteroatoms. The van der Waals surface area contributed by atoms with Crippen LogP contribution in [-0.2, 0) is 51.3 Å². The Labute approximate surface area is 253 Å². The molecule has 1 aromatic carbocycles. The van der Waals surface area contributed by atoms with Gasteiger partial charge in [0.05, 0.1) is 13.7 Å². The van der Waals surface area contributed by atoms with Crippen LogP contribution in [0.5, 0.6) is 0 Å². The molecule has 1 aliphatic rings. The Bertz CT molecular complexity index is 1170. The van der Waals surface area contributed by atoms with E-state index in [-0.39, 0.29) is 30.6 Å². The molecule has 228 valence electrons. The summed E-state index contributed by atoms with van der Waals surface area (Å²) in [6.45, 7) is 13.2. The van der Waals surface area contributed by atoms with Gasteiger partial charge in [-0.2, -0.15) is 0 Å². The molecular weight excluding hydrogens is 588 g/mol. The second-order valence-corrected chi connectivity index (χ2v) is 17.4. The number of aryl methyl sites for hydroxylation is 1. The topological polar surface area (TPSA) is 106 Å². The number of carbonyl (C=O) groups is 3. The van der Waals surface area contributed by atoms with Crippen LogP contribution in [0.3, 0.4) is 0 Å². The van der Waals surface area contributed by atoms with Gasteiger partial charge in [-0.05, 0) is 30.3 Å². The fraction of sp³-hybridized carbons (Fsp3) is 0.571. The minimum atomic E-state index is -2.24. The van der Waals surface area contributed by atoms with Crippen LogP contribution >= 0.6 is 11.8 Å². The maximum atomic E-state index is 13.1. The average Bonchev–Trinajstić information content (AvgIpc) is 3.25. The Hall–Kier alpha value is -2.38. The van der Waals surface area contributed by atoms with E-state index in [0.29, 0.717) is 0 Å². The Morgan fingerprint density at radius 1 is 1.00 bits per heavy atom. The number of rotatable bonds is 10. The van der Waals surface area contributed by atoms with Crippen LogP contribution in [0.25, 0.3) is 0 Å². The number of halogens is 1. The summed E-state index contributed by atoms with van der Waals surface area (Å²) in [6, 6.07) is 9.49. The summed E-state index contributed by atoms with van der Waals surface area (Å²) in [5, 5.41) is -0.0778. The van der Waals surface area contributed by atoms with Crippen LogP contribution in [0, 0.1) is 0 Å². The molecule has 10 nitrogen and oxygen atoms in total. The van der Waals surface area contributed by atoms with Gasteiger partial charge in [-0.25, -0.2) is 13.9 Å². The van der Waals surface area contributed by atoms with Crippen LogP contribution in [0.2, 0.25) is 18.1 Å². The first kappa shape index (κ1) is 34.8. The predicted octanol–water partition coefficient (Wildman–Crippen LogP) is 0.631. The number of aromatic nitrogens is 2. The highest BCUT2D eigenvalue weighted by molar-refractivity contribution is 7.99. The van der Waals surface area contributed by atoms with Crippen molar-refractivity contribution >= 4 is 38.0 Å². The zero-order valence-electron chi connectivity index (χ0n) is 24.9. The van der Waals surface area contributed by atoms with Gasteiger partial charge in [0.1, 0.15) is 23.9 Å². The summed E-state index contributed by atoms with van der Waals surface area (Å²) in [7, 11) is -0.394. The fourth-order valence-corrected chi connectivity index (χ4v) is 6.11. The molecule has 1 saturated heterocycles. The highest BCUT2D eigenvalue weighted by Gasteiger charge is 2.53. The average molecular weight is 629 g/mol. The SMILES string of the molecule is CC(=O)O[C@@H]1[C@@H](OC(C)=O)[C@H](Sc2ccccc2)O[C@H](CO[Si](C)(C)C(C)(C)C)[C@H]1OC(=O)Cn1cc[n+](C)c1.[Cl-]. The Morgan fingerprint density at radius 3 is 2.15 bits per heavy atom. The Balaban J connectivity index is 0.00000588. The van der Waals surface area contributed by atoms with Crippen molar-refractivity contribution in [2.24, 2.45) is 7.05 Å². The number of hydrogen-bond donors (Lipinski definition) is 0. The van der Waals surface area contributed by atoms with Gasteiger partial charge in [-0.1, -0.05) is 50.7 Å². The van der Waals surface area contributed by atoms with Gasteiger partial charge in [0.15, 0.2) is 33.2 Å². The second kappa shape index (κ2) is 14.7. The first-order chi connectivity index (χ1) is 18.7. The first-order valence-corrected chi connectivity index (χ1v) is 17.0. The normalized spacial score (nSPS) is 22.8. The maximum Gasteiger partial charge on any atom is 0.349 e. The molecule has 0 saturated carbocycles. The van der Waals surface area contributed by atoms with E-state index in [1.807, 2.05) is 37.4 Å². The number of benzene rings is 1. The van der Waals surface area contributed by atoms with Gasteiger partial charge in [0, 0.05) is 18.7 Å². The van der Waals surface area contributed by atoms with Gasteiger partial charge >= 0.3 is 17.9 Å². The number of carbonyl (C=O) groups excluding carboxylic acids is 3. The van der Waals surface area contributed by atoms with Crippen LogP contribution in [-0.4, -0.2) is 67.3 Å². The van der Waals surface area contributed by atoms with Gasteiger partial charge in [0.2, 0.25) is 6.33 Å². The van der Waals surface area contributed by atoms with E-state index < -0.39 is 56.1 Å². The molecule has 0 radical (unpaired) electrons. The zero-order valence-corrected chi connectivity index (χ0v) is 27.4. The van der Waals surface area contributed by atoms with Crippen molar-refractivity contribution in [1.82, 2.24) is 4.57 Å². The van der Waals surface area contributed by atoms with E-state index in [0.717, 1.165) is 4.90 Å². The Kier molecular flexibility index (Phi) is 12.5. The third-order valence-electron chi connectivity index (χ3n) is 7.01. The van der Waals surface area contributed by atoms with Crippen molar-refractivity contribution < 1.29 is 54.7 Å². The van der Waals surface area contributed by atoms with Crippen LogP contribution in [0.1, 0.15) is 34.6 Å². The van der Waals surface area contributed by atoms with Gasteiger partial charge < -0.3 is 35.8 Å². The maximum absolute atomic E-state index is 13.1. The minimum Gasteiger partial charge on any atom is -1.00 e. The number of thioether (sulfide) groups is 1. The van der Waals surface area contributed by atoms with Gasteiger partial charge in [0.25, 0.3) is 0 Å². The minimum absolute atomic E-state index is 0. The van der Waals surface area contributed by atoms with Gasteiger partial charge in [-0.3, -0.25) is 9.59 Å². The molecule has 1 aromatic heterocycles. The smallest absolute Gasteiger partial charge is 0.349 e. The van der Waals surface area contributed by atoms with Crippen molar-refractivity contribution in [2.45, 2.75) is 94.0 Å². The number of nitrogens with zero attached hydrogens (tertiary/aromatic N) is 2.